The predicted molar refractivity (Wildman–Crippen MR) is 106 cm³/mol. The number of carbonyl (C=O) groups excluding carboxylic acids is 1. The Morgan fingerprint density at radius 3 is 2.72 bits per heavy atom. The molecule has 1 N–H and O–H groups in total. The summed E-state index contributed by atoms with van der Waals surface area (Å²) in [5, 5.41) is 6.09. The maximum Gasteiger partial charge on any atom is 0.387 e. The van der Waals surface area contributed by atoms with Crippen LogP contribution in [0.5, 0.6) is 11.5 Å². The summed E-state index contributed by atoms with van der Waals surface area (Å²) < 4.78 is 34.3. The number of rotatable bonds is 8. The number of thiazole rings is 1. The summed E-state index contributed by atoms with van der Waals surface area (Å²) in [6, 6.07) is 4.65. The molecule has 158 valence electrons. The molecule has 0 radical (unpaired) electrons. The number of piperidine rings is 1. The first kappa shape index (κ1) is 21.4. The third-order valence-electron chi connectivity index (χ3n) is 4.92. The number of hydrogen-bond donors (Lipinski definition) is 1. The summed E-state index contributed by atoms with van der Waals surface area (Å²) in [6.07, 6.45) is 1.61. The Bertz CT molecular complexity index is 823. The third kappa shape index (κ3) is 6.11. The van der Waals surface area contributed by atoms with Crippen LogP contribution in [0.1, 0.15) is 29.1 Å². The van der Waals surface area contributed by atoms with E-state index >= 15 is 0 Å². The third-order valence-corrected chi connectivity index (χ3v) is 5.74. The van der Waals surface area contributed by atoms with Crippen molar-refractivity contribution < 1.29 is 23.0 Å². The lowest BCUT2D eigenvalue weighted by molar-refractivity contribution is -0.126. The van der Waals surface area contributed by atoms with Gasteiger partial charge in [-0.15, -0.1) is 11.3 Å². The second kappa shape index (κ2) is 9.98. The molecule has 3 rings (SSSR count). The van der Waals surface area contributed by atoms with E-state index in [0.717, 1.165) is 48.7 Å². The number of halogens is 2. The van der Waals surface area contributed by atoms with Crippen molar-refractivity contribution >= 4 is 17.2 Å². The molecule has 1 aromatic carbocycles. The lowest BCUT2D eigenvalue weighted by Crippen LogP contribution is -2.40. The molecule has 9 heteroatoms. The summed E-state index contributed by atoms with van der Waals surface area (Å²) in [5.41, 5.74) is 1.84. The highest BCUT2D eigenvalue weighted by Gasteiger charge is 2.25. The Hall–Kier alpha value is -2.26. The van der Waals surface area contributed by atoms with Gasteiger partial charge in [-0.3, -0.25) is 9.69 Å². The van der Waals surface area contributed by atoms with Gasteiger partial charge in [0.05, 0.1) is 17.8 Å². The molecule has 0 saturated carbocycles. The van der Waals surface area contributed by atoms with E-state index in [-0.39, 0.29) is 23.3 Å². The number of alkyl halides is 2. The number of aromatic nitrogens is 1. The maximum absolute atomic E-state index is 12.5. The molecule has 0 atom stereocenters. The van der Waals surface area contributed by atoms with Crippen LogP contribution in [0.15, 0.2) is 23.6 Å². The summed E-state index contributed by atoms with van der Waals surface area (Å²) in [7, 11) is 1.39. The van der Waals surface area contributed by atoms with E-state index in [1.54, 1.807) is 23.5 Å². The summed E-state index contributed by atoms with van der Waals surface area (Å²) in [4.78, 5) is 19.3. The van der Waals surface area contributed by atoms with Gasteiger partial charge in [-0.25, -0.2) is 4.98 Å². The highest BCUT2D eigenvalue weighted by Crippen LogP contribution is 2.29. The van der Waals surface area contributed by atoms with Crippen LogP contribution in [0.25, 0.3) is 0 Å². The van der Waals surface area contributed by atoms with E-state index in [1.165, 1.54) is 13.2 Å². The molecule has 1 aliphatic heterocycles. The second-order valence-electron chi connectivity index (χ2n) is 6.99. The second-order valence-corrected chi connectivity index (χ2v) is 8.05. The van der Waals surface area contributed by atoms with Crippen molar-refractivity contribution in [3.05, 3.63) is 39.8 Å². The number of methoxy groups -OCH3 is 1. The molecule has 1 fully saturated rings. The first-order valence-electron chi connectivity index (χ1n) is 9.47. The number of nitrogens with zero attached hydrogens (tertiary/aromatic N) is 2. The van der Waals surface area contributed by atoms with Crippen molar-refractivity contribution in [3.8, 4) is 11.5 Å². The molecule has 2 aromatic rings. The Morgan fingerprint density at radius 2 is 2.10 bits per heavy atom. The number of ether oxygens (including phenoxy) is 2. The normalized spacial score (nSPS) is 15.5. The molecule has 1 saturated heterocycles. The van der Waals surface area contributed by atoms with Crippen LogP contribution in [0, 0.1) is 12.8 Å². The number of benzene rings is 1. The molecular weight excluding hydrogens is 400 g/mol. The molecule has 29 heavy (non-hydrogen) atoms. The fourth-order valence-corrected chi connectivity index (χ4v) is 4.02. The molecule has 1 aromatic heterocycles. The van der Waals surface area contributed by atoms with E-state index in [1.807, 2.05) is 6.92 Å². The van der Waals surface area contributed by atoms with Crippen LogP contribution in [0.2, 0.25) is 0 Å². The van der Waals surface area contributed by atoms with Crippen LogP contribution in [-0.2, 0) is 17.9 Å². The SMILES string of the molecule is COc1cc(CNC(=O)C2CCN(Cc3csc(C)n3)CC2)ccc1OC(F)F. The van der Waals surface area contributed by atoms with Gasteiger partial charge in [0.1, 0.15) is 0 Å². The van der Waals surface area contributed by atoms with Gasteiger partial charge in [-0.1, -0.05) is 6.07 Å². The number of carbonyl (C=O) groups is 1. The lowest BCUT2D eigenvalue weighted by atomic mass is 9.95. The molecule has 1 amide bonds. The molecular formula is C20H25F2N3O3S. The zero-order valence-corrected chi connectivity index (χ0v) is 17.3. The highest BCUT2D eigenvalue weighted by molar-refractivity contribution is 7.09. The minimum atomic E-state index is -2.92. The monoisotopic (exact) mass is 425 g/mol. The molecule has 0 spiro atoms. The van der Waals surface area contributed by atoms with Gasteiger partial charge in [0.15, 0.2) is 11.5 Å². The number of amides is 1. The van der Waals surface area contributed by atoms with Crippen molar-refractivity contribution in [1.29, 1.82) is 0 Å². The van der Waals surface area contributed by atoms with Gasteiger partial charge in [0, 0.05) is 24.4 Å². The van der Waals surface area contributed by atoms with Crippen molar-refractivity contribution in [2.45, 2.75) is 39.5 Å². The standard InChI is InChI=1S/C20H25F2N3O3S/c1-13-24-16(12-29-13)11-25-7-5-15(6-8-25)19(26)23-10-14-3-4-17(28-20(21)22)18(9-14)27-2/h3-4,9,12,15,20H,5-8,10-11H2,1-2H3,(H,23,26). The van der Waals surface area contributed by atoms with Crippen LogP contribution in [0.4, 0.5) is 8.78 Å². The Labute approximate surface area is 172 Å². The topological polar surface area (TPSA) is 63.7 Å². The molecule has 2 heterocycles. The maximum atomic E-state index is 12.5. The number of hydrogen-bond acceptors (Lipinski definition) is 6. The van der Waals surface area contributed by atoms with Crippen molar-refractivity contribution in [1.82, 2.24) is 15.2 Å². The van der Waals surface area contributed by atoms with Gasteiger partial charge in [0.2, 0.25) is 5.91 Å². The Kier molecular flexibility index (Phi) is 7.38. The minimum absolute atomic E-state index is 0.0148. The van der Waals surface area contributed by atoms with Gasteiger partial charge in [-0.05, 0) is 50.6 Å². The lowest BCUT2D eigenvalue weighted by Gasteiger charge is -2.30. The van der Waals surface area contributed by atoms with Crippen molar-refractivity contribution in [3.63, 3.8) is 0 Å². The molecule has 0 unspecified atom stereocenters. The largest absolute Gasteiger partial charge is 0.493 e. The first-order valence-corrected chi connectivity index (χ1v) is 10.4. The number of likely N-dealkylation sites (tertiary alicyclic amines) is 1. The van der Waals surface area contributed by atoms with E-state index in [9.17, 15) is 13.6 Å². The van der Waals surface area contributed by atoms with Gasteiger partial charge in [-0.2, -0.15) is 8.78 Å². The Morgan fingerprint density at radius 1 is 1.34 bits per heavy atom. The quantitative estimate of drug-likeness (QED) is 0.700. The van der Waals surface area contributed by atoms with Gasteiger partial charge >= 0.3 is 6.61 Å². The molecule has 0 bridgehead atoms. The van der Waals surface area contributed by atoms with E-state index in [4.69, 9.17) is 4.74 Å². The van der Waals surface area contributed by atoms with Gasteiger partial charge in [0.25, 0.3) is 0 Å². The molecule has 6 nitrogen and oxygen atoms in total. The van der Waals surface area contributed by atoms with E-state index in [2.05, 4.69) is 25.3 Å². The summed E-state index contributed by atoms with van der Waals surface area (Å²) >= 11 is 1.65. The minimum Gasteiger partial charge on any atom is -0.493 e. The number of nitrogens with one attached hydrogen (secondary N) is 1. The van der Waals surface area contributed by atoms with Crippen molar-refractivity contribution in [2.24, 2.45) is 5.92 Å². The average molecular weight is 426 g/mol. The average Bonchev–Trinajstić information content (AvgIpc) is 3.11. The van der Waals surface area contributed by atoms with Crippen LogP contribution in [0.3, 0.4) is 0 Å². The van der Waals surface area contributed by atoms with Crippen LogP contribution < -0.4 is 14.8 Å². The van der Waals surface area contributed by atoms with E-state index < -0.39 is 6.61 Å². The summed E-state index contributed by atoms with van der Waals surface area (Å²) in [6.45, 7) is 1.94. The highest BCUT2D eigenvalue weighted by atomic mass is 32.1. The smallest absolute Gasteiger partial charge is 0.387 e. The fraction of sp³-hybridized carbons (Fsp3) is 0.500. The summed E-state index contributed by atoms with van der Waals surface area (Å²) in [5.74, 6) is 0.177. The zero-order valence-electron chi connectivity index (χ0n) is 16.5. The van der Waals surface area contributed by atoms with E-state index in [0.29, 0.717) is 6.54 Å². The predicted octanol–water partition coefficient (Wildman–Crippen LogP) is 3.59. The Balaban J connectivity index is 1.46. The molecule has 1 aliphatic rings. The first-order chi connectivity index (χ1) is 13.9. The van der Waals surface area contributed by atoms with Crippen LogP contribution in [-0.4, -0.2) is 42.6 Å². The molecule has 0 aliphatic carbocycles. The number of aryl methyl sites for hydroxylation is 1. The van der Waals surface area contributed by atoms with Crippen molar-refractivity contribution in [2.75, 3.05) is 20.2 Å². The van der Waals surface area contributed by atoms with Gasteiger partial charge < -0.3 is 14.8 Å². The zero-order chi connectivity index (χ0) is 20.8. The van der Waals surface area contributed by atoms with Crippen LogP contribution >= 0.6 is 11.3 Å². The fourth-order valence-electron chi connectivity index (χ4n) is 3.41.